The van der Waals surface area contributed by atoms with Gasteiger partial charge in [0.2, 0.25) is 0 Å². The third-order valence-electron chi connectivity index (χ3n) is 3.40. The van der Waals surface area contributed by atoms with Crippen molar-refractivity contribution in [3.63, 3.8) is 0 Å². The molecule has 0 atom stereocenters. The minimum Gasteiger partial charge on any atom is -0.312 e. The maximum absolute atomic E-state index is 8.81. The van der Waals surface area contributed by atoms with Crippen molar-refractivity contribution in [2.45, 2.75) is 19.9 Å². The minimum atomic E-state index is 0.676. The van der Waals surface area contributed by atoms with Gasteiger partial charge in [-0.1, -0.05) is 0 Å². The Morgan fingerprint density at radius 3 is 2.78 bits per heavy atom. The van der Waals surface area contributed by atoms with Gasteiger partial charge in [-0.05, 0) is 31.2 Å². The lowest BCUT2D eigenvalue weighted by molar-refractivity contribution is 0.634. The molecule has 1 aliphatic heterocycles. The first-order valence-corrected chi connectivity index (χ1v) is 6.08. The van der Waals surface area contributed by atoms with E-state index in [0.29, 0.717) is 5.56 Å². The van der Waals surface area contributed by atoms with Crippen LogP contribution >= 0.6 is 0 Å². The fraction of sp³-hybridized carbons (Fsp3) is 0.286. The second-order valence-corrected chi connectivity index (χ2v) is 4.51. The number of fused-ring (bicyclic) bond motifs is 1. The van der Waals surface area contributed by atoms with Crippen molar-refractivity contribution in [3.8, 4) is 11.8 Å². The molecule has 0 unspecified atom stereocenters. The summed E-state index contributed by atoms with van der Waals surface area (Å²) in [4.78, 5) is 0. The van der Waals surface area contributed by atoms with E-state index >= 15 is 0 Å². The van der Waals surface area contributed by atoms with E-state index < -0.39 is 0 Å². The monoisotopic (exact) mass is 238 g/mol. The summed E-state index contributed by atoms with van der Waals surface area (Å²) < 4.78 is 1.97. The molecule has 0 spiro atoms. The molecule has 0 aliphatic carbocycles. The lowest BCUT2D eigenvalue weighted by Crippen LogP contribution is -2.23. The molecular weight excluding hydrogens is 224 g/mol. The fourth-order valence-electron chi connectivity index (χ4n) is 2.37. The van der Waals surface area contributed by atoms with Crippen LogP contribution in [0.5, 0.6) is 0 Å². The molecule has 0 amide bonds. The second kappa shape index (κ2) is 4.28. The number of rotatable bonds is 1. The molecule has 2 heterocycles. The van der Waals surface area contributed by atoms with Gasteiger partial charge < -0.3 is 5.32 Å². The topological polar surface area (TPSA) is 53.6 Å². The van der Waals surface area contributed by atoms with E-state index in [0.717, 1.165) is 25.2 Å². The highest BCUT2D eigenvalue weighted by atomic mass is 15.3. The van der Waals surface area contributed by atoms with Crippen LogP contribution < -0.4 is 5.32 Å². The van der Waals surface area contributed by atoms with Crippen molar-refractivity contribution in [2.75, 3.05) is 6.54 Å². The van der Waals surface area contributed by atoms with Crippen molar-refractivity contribution in [3.05, 3.63) is 46.8 Å². The zero-order chi connectivity index (χ0) is 12.5. The van der Waals surface area contributed by atoms with Crippen LogP contribution in [0.15, 0.2) is 24.3 Å². The largest absolute Gasteiger partial charge is 0.312 e. The van der Waals surface area contributed by atoms with Crippen LogP contribution in [0, 0.1) is 18.3 Å². The molecule has 1 aromatic carbocycles. The van der Waals surface area contributed by atoms with Crippen LogP contribution in [0.4, 0.5) is 0 Å². The van der Waals surface area contributed by atoms with E-state index in [1.54, 1.807) is 0 Å². The van der Waals surface area contributed by atoms with Gasteiger partial charge in [-0.15, -0.1) is 0 Å². The van der Waals surface area contributed by atoms with Crippen LogP contribution in [0.3, 0.4) is 0 Å². The van der Waals surface area contributed by atoms with Gasteiger partial charge in [0.1, 0.15) is 0 Å². The Labute approximate surface area is 106 Å². The van der Waals surface area contributed by atoms with Crippen LogP contribution in [-0.2, 0) is 13.0 Å². The van der Waals surface area contributed by atoms with E-state index in [-0.39, 0.29) is 0 Å². The Morgan fingerprint density at radius 2 is 2.11 bits per heavy atom. The molecular formula is C14H14N4. The van der Waals surface area contributed by atoms with E-state index in [1.807, 2.05) is 28.9 Å². The fourth-order valence-corrected chi connectivity index (χ4v) is 2.37. The van der Waals surface area contributed by atoms with Gasteiger partial charge in [0.25, 0.3) is 0 Å². The first-order chi connectivity index (χ1) is 8.79. The number of hydrogen-bond donors (Lipinski definition) is 1. The lowest BCUT2D eigenvalue weighted by atomic mass is 10.1. The van der Waals surface area contributed by atoms with Crippen LogP contribution in [0.2, 0.25) is 0 Å². The third kappa shape index (κ3) is 1.69. The summed E-state index contributed by atoms with van der Waals surface area (Å²) >= 11 is 0. The smallest absolute Gasteiger partial charge is 0.0991 e. The van der Waals surface area contributed by atoms with Crippen molar-refractivity contribution < 1.29 is 0 Å². The summed E-state index contributed by atoms with van der Waals surface area (Å²) in [5.41, 5.74) is 5.37. The quantitative estimate of drug-likeness (QED) is 0.822. The number of benzene rings is 1. The summed E-state index contributed by atoms with van der Waals surface area (Å²) in [5.74, 6) is 0. The molecule has 0 saturated carbocycles. The molecule has 0 bridgehead atoms. The second-order valence-electron chi connectivity index (χ2n) is 4.51. The Hall–Kier alpha value is -2.12. The average Bonchev–Trinajstić information content (AvgIpc) is 2.77. The summed E-state index contributed by atoms with van der Waals surface area (Å²) in [6, 6.07) is 9.67. The number of nitrogens with one attached hydrogen (secondary N) is 1. The first-order valence-electron chi connectivity index (χ1n) is 6.08. The van der Waals surface area contributed by atoms with E-state index in [4.69, 9.17) is 5.26 Å². The molecule has 2 aromatic rings. The Kier molecular flexibility index (Phi) is 2.62. The summed E-state index contributed by atoms with van der Waals surface area (Å²) in [5, 5.41) is 16.8. The average molecular weight is 238 g/mol. The number of nitrogens with zero attached hydrogens (tertiary/aromatic N) is 3. The SMILES string of the molecule is Cc1c2c(nn1-c1ccc(C#N)cc1)CCNC2. The van der Waals surface area contributed by atoms with Crippen molar-refractivity contribution in [1.29, 1.82) is 5.26 Å². The van der Waals surface area contributed by atoms with Crippen LogP contribution in [0.1, 0.15) is 22.5 Å². The normalized spacial score (nSPS) is 14.0. The molecule has 18 heavy (non-hydrogen) atoms. The third-order valence-corrected chi connectivity index (χ3v) is 3.40. The predicted molar refractivity (Wildman–Crippen MR) is 68.4 cm³/mol. The molecule has 1 N–H and O–H groups in total. The highest BCUT2D eigenvalue weighted by Gasteiger charge is 2.18. The van der Waals surface area contributed by atoms with Crippen LogP contribution in [-0.4, -0.2) is 16.3 Å². The molecule has 0 fully saturated rings. The molecule has 4 heteroatoms. The maximum Gasteiger partial charge on any atom is 0.0991 e. The number of aromatic nitrogens is 2. The highest BCUT2D eigenvalue weighted by molar-refractivity contribution is 5.42. The van der Waals surface area contributed by atoms with Gasteiger partial charge in [-0.25, -0.2) is 4.68 Å². The van der Waals surface area contributed by atoms with Gasteiger partial charge >= 0.3 is 0 Å². The number of hydrogen-bond acceptors (Lipinski definition) is 3. The molecule has 0 saturated heterocycles. The van der Waals surface area contributed by atoms with Gasteiger partial charge in [0.15, 0.2) is 0 Å². The van der Waals surface area contributed by atoms with Gasteiger partial charge in [0.05, 0.1) is 23.0 Å². The van der Waals surface area contributed by atoms with Gasteiger partial charge in [0, 0.05) is 30.8 Å². The predicted octanol–water partition coefficient (Wildman–Crippen LogP) is 1.70. The van der Waals surface area contributed by atoms with E-state index in [9.17, 15) is 0 Å². The zero-order valence-electron chi connectivity index (χ0n) is 10.3. The first kappa shape index (κ1) is 11.0. The Bertz CT molecular complexity index is 616. The van der Waals surface area contributed by atoms with Gasteiger partial charge in [-0.3, -0.25) is 0 Å². The molecule has 3 rings (SSSR count). The summed E-state index contributed by atoms with van der Waals surface area (Å²) in [7, 11) is 0. The lowest BCUT2D eigenvalue weighted by Gasteiger charge is -2.11. The Balaban J connectivity index is 2.06. The molecule has 1 aliphatic rings. The van der Waals surface area contributed by atoms with Crippen LogP contribution in [0.25, 0.3) is 5.69 Å². The summed E-state index contributed by atoms with van der Waals surface area (Å²) in [6.07, 6.45) is 0.986. The van der Waals surface area contributed by atoms with E-state index in [1.165, 1.54) is 17.0 Å². The van der Waals surface area contributed by atoms with E-state index in [2.05, 4.69) is 23.4 Å². The molecule has 1 aromatic heterocycles. The molecule has 90 valence electrons. The van der Waals surface area contributed by atoms with Crippen molar-refractivity contribution >= 4 is 0 Å². The molecule has 0 radical (unpaired) electrons. The maximum atomic E-state index is 8.81. The van der Waals surface area contributed by atoms with Gasteiger partial charge in [-0.2, -0.15) is 10.4 Å². The van der Waals surface area contributed by atoms with Crippen molar-refractivity contribution in [1.82, 2.24) is 15.1 Å². The highest BCUT2D eigenvalue weighted by Crippen LogP contribution is 2.20. The Morgan fingerprint density at radius 1 is 1.33 bits per heavy atom. The molecule has 4 nitrogen and oxygen atoms in total. The standard InChI is InChI=1S/C14H14N4/c1-10-13-9-16-7-6-14(13)17-18(10)12-4-2-11(8-15)3-5-12/h2-5,16H,6-7,9H2,1H3. The number of nitriles is 1. The zero-order valence-corrected chi connectivity index (χ0v) is 10.3. The summed E-state index contributed by atoms with van der Waals surface area (Å²) in [6.45, 7) is 3.99. The minimum absolute atomic E-state index is 0.676. The van der Waals surface area contributed by atoms with Crippen molar-refractivity contribution in [2.24, 2.45) is 0 Å².